The van der Waals surface area contributed by atoms with Crippen molar-refractivity contribution in [2.45, 2.75) is 89.5 Å². The zero-order valence-corrected chi connectivity index (χ0v) is 29.3. The molecule has 1 aromatic carbocycles. The molecule has 0 radical (unpaired) electrons. The standard InChI is InChI=1S/C33H49FN6O2Si2/c1-43(2,3)16-14-41-23-39(24-42-15-17-44(4,5)6)32-20-31(37-28-10-8-7-9-11-28)38-33-29(22-36-40(32)33)26-18-25-19-27(34)12-13-30(25)35-21-26/h12-13,18-22,28H,7-11,14-17,23-24H2,1-6H3,(H,37,38). The summed E-state index contributed by atoms with van der Waals surface area (Å²) in [5, 5.41) is 9.30. The van der Waals surface area contributed by atoms with Gasteiger partial charge in [-0.25, -0.2) is 9.37 Å². The first-order chi connectivity index (χ1) is 20.9. The van der Waals surface area contributed by atoms with Crippen LogP contribution in [0.5, 0.6) is 0 Å². The average Bonchev–Trinajstić information content (AvgIpc) is 3.39. The second kappa shape index (κ2) is 14.1. The molecule has 1 aliphatic carbocycles. The summed E-state index contributed by atoms with van der Waals surface area (Å²) in [4.78, 5) is 11.8. The van der Waals surface area contributed by atoms with Crippen molar-refractivity contribution in [3.63, 3.8) is 0 Å². The minimum Gasteiger partial charge on any atom is -0.367 e. The average molecular weight is 637 g/mol. The summed E-state index contributed by atoms with van der Waals surface area (Å²) in [5.41, 5.74) is 3.15. The number of halogens is 1. The number of aromatic nitrogens is 4. The number of fused-ring (bicyclic) bond motifs is 2. The van der Waals surface area contributed by atoms with Gasteiger partial charge in [0.2, 0.25) is 0 Å². The van der Waals surface area contributed by atoms with Crippen molar-refractivity contribution in [3.8, 4) is 11.1 Å². The van der Waals surface area contributed by atoms with E-state index in [4.69, 9.17) is 19.6 Å². The Morgan fingerprint density at radius 3 is 2.25 bits per heavy atom. The highest BCUT2D eigenvalue weighted by atomic mass is 28.3. The van der Waals surface area contributed by atoms with Gasteiger partial charge in [-0.15, -0.1) is 0 Å². The fourth-order valence-corrected chi connectivity index (χ4v) is 6.94. The van der Waals surface area contributed by atoms with Gasteiger partial charge in [-0.05, 0) is 49.2 Å². The van der Waals surface area contributed by atoms with E-state index in [0.29, 0.717) is 38.4 Å². The number of ether oxygens (including phenoxy) is 2. The third-order valence-electron chi connectivity index (χ3n) is 8.18. The third-order valence-corrected chi connectivity index (χ3v) is 11.6. The Kier molecular flexibility index (Phi) is 10.4. The van der Waals surface area contributed by atoms with Crippen LogP contribution in [-0.4, -0.2) is 68.4 Å². The predicted molar refractivity (Wildman–Crippen MR) is 185 cm³/mol. The van der Waals surface area contributed by atoms with Gasteiger partial charge in [0, 0.05) is 64.2 Å². The Labute approximate surface area is 263 Å². The summed E-state index contributed by atoms with van der Waals surface area (Å²) in [6, 6.07) is 11.3. The molecule has 3 heterocycles. The molecule has 1 aliphatic rings. The minimum absolute atomic E-state index is 0.283. The van der Waals surface area contributed by atoms with Gasteiger partial charge in [0.25, 0.3) is 0 Å². The lowest BCUT2D eigenvalue weighted by Crippen LogP contribution is -2.33. The Morgan fingerprint density at radius 1 is 0.909 bits per heavy atom. The Bertz CT molecular complexity index is 1520. The molecule has 0 spiro atoms. The Morgan fingerprint density at radius 2 is 1.59 bits per heavy atom. The Hall–Kier alpha value is -2.87. The van der Waals surface area contributed by atoms with Gasteiger partial charge in [-0.1, -0.05) is 58.5 Å². The van der Waals surface area contributed by atoms with E-state index in [2.05, 4.69) is 60.5 Å². The molecule has 0 amide bonds. The van der Waals surface area contributed by atoms with Crippen LogP contribution in [0.2, 0.25) is 51.4 Å². The fourth-order valence-electron chi connectivity index (χ4n) is 5.43. The lowest BCUT2D eigenvalue weighted by atomic mass is 9.95. The van der Waals surface area contributed by atoms with Crippen LogP contribution in [0.4, 0.5) is 16.0 Å². The molecule has 0 bridgehead atoms. The number of nitrogens with one attached hydrogen (secondary N) is 1. The van der Waals surface area contributed by atoms with Gasteiger partial charge in [0.1, 0.15) is 30.9 Å². The molecule has 5 rings (SSSR count). The van der Waals surface area contributed by atoms with Crippen LogP contribution in [-0.2, 0) is 9.47 Å². The van der Waals surface area contributed by atoms with Crippen LogP contribution in [0.15, 0.2) is 42.7 Å². The molecule has 4 aromatic rings. The monoisotopic (exact) mass is 636 g/mol. The molecule has 11 heteroatoms. The van der Waals surface area contributed by atoms with Crippen LogP contribution >= 0.6 is 0 Å². The number of benzene rings is 1. The largest absolute Gasteiger partial charge is 0.367 e. The van der Waals surface area contributed by atoms with Crippen molar-refractivity contribution in [1.82, 2.24) is 19.6 Å². The first kappa shape index (κ1) is 32.5. The Balaban J connectivity index is 1.52. The first-order valence-electron chi connectivity index (χ1n) is 16.1. The number of nitrogens with zero attached hydrogens (tertiary/aromatic N) is 5. The molecule has 1 fully saturated rings. The summed E-state index contributed by atoms with van der Waals surface area (Å²) in [5.74, 6) is 1.39. The van der Waals surface area contributed by atoms with E-state index >= 15 is 0 Å². The van der Waals surface area contributed by atoms with E-state index in [1.54, 1.807) is 6.07 Å². The highest BCUT2D eigenvalue weighted by Gasteiger charge is 2.22. The van der Waals surface area contributed by atoms with E-state index in [1.807, 2.05) is 23.0 Å². The molecule has 1 N–H and O–H groups in total. The number of anilines is 2. The molecule has 3 aromatic heterocycles. The molecule has 44 heavy (non-hydrogen) atoms. The fraction of sp³-hybridized carbons (Fsp3) is 0.545. The zero-order chi connectivity index (χ0) is 31.3. The van der Waals surface area contributed by atoms with Gasteiger partial charge < -0.3 is 19.7 Å². The van der Waals surface area contributed by atoms with Crippen LogP contribution in [0.25, 0.3) is 27.7 Å². The molecule has 0 saturated heterocycles. The van der Waals surface area contributed by atoms with Crippen molar-refractivity contribution < 1.29 is 13.9 Å². The molecule has 1 saturated carbocycles. The van der Waals surface area contributed by atoms with Crippen molar-refractivity contribution >= 4 is 44.3 Å². The van der Waals surface area contributed by atoms with E-state index in [-0.39, 0.29) is 5.82 Å². The molecule has 8 nitrogen and oxygen atoms in total. The van der Waals surface area contributed by atoms with Crippen molar-refractivity contribution in [1.29, 1.82) is 0 Å². The molecule has 238 valence electrons. The molecule has 0 unspecified atom stereocenters. The highest BCUT2D eigenvalue weighted by molar-refractivity contribution is 6.76. The SMILES string of the molecule is C[Si](C)(C)CCOCN(COCC[Si](C)(C)C)c1cc(NC2CCCCC2)nc2c(-c3cnc4ccc(F)cc4c3)cnn12. The van der Waals surface area contributed by atoms with Gasteiger partial charge in [-0.3, -0.25) is 4.98 Å². The summed E-state index contributed by atoms with van der Waals surface area (Å²) in [6.07, 6.45) is 9.66. The van der Waals surface area contributed by atoms with Crippen molar-refractivity contribution in [3.05, 3.63) is 48.5 Å². The molecular formula is C33H49FN6O2Si2. The van der Waals surface area contributed by atoms with E-state index < -0.39 is 16.1 Å². The predicted octanol–water partition coefficient (Wildman–Crippen LogP) is 8.26. The maximum absolute atomic E-state index is 14.1. The van der Waals surface area contributed by atoms with Crippen LogP contribution < -0.4 is 10.2 Å². The summed E-state index contributed by atoms with van der Waals surface area (Å²) in [6.45, 7) is 16.4. The molecular weight excluding hydrogens is 588 g/mol. The number of pyridine rings is 1. The normalized spacial score (nSPS) is 14.9. The second-order valence-corrected chi connectivity index (χ2v) is 25.8. The first-order valence-corrected chi connectivity index (χ1v) is 23.5. The van der Waals surface area contributed by atoms with Gasteiger partial charge >= 0.3 is 0 Å². The molecule has 0 atom stereocenters. The van der Waals surface area contributed by atoms with Crippen molar-refractivity contribution in [2.24, 2.45) is 0 Å². The summed E-state index contributed by atoms with van der Waals surface area (Å²) < 4.78 is 28.5. The second-order valence-electron chi connectivity index (χ2n) is 14.6. The minimum atomic E-state index is -1.23. The quantitative estimate of drug-likeness (QED) is 0.0848. The van der Waals surface area contributed by atoms with E-state index in [0.717, 1.165) is 58.6 Å². The van der Waals surface area contributed by atoms with Gasteiger partial charge in [0.05, 0.1) is 11.7 Å². The van der Waals surface area contributed by atoms with Crippen LogP contribution in [0.3, 0.4) is 0 Å². The zero-order valence-electron chi connectivity index (χ0n) is 27.3. The van der Waals surface area contributed by atoms with Crippen molar-refractivity contribution in [2.75, 3.05) is 36.9 Å². The molecule has 0 aliphatic heterocycles. The topological polar surface area (TPSA) is 76.8 Å². The lowest BCUT2D eigenvalue weighted by molar-refractivity contribution is 0.0943. The maximum atomic E-state index is 14.1. The maximum Gasteiger partial charge on any atom is 0.167 e. The van der Waals surface area contributed by atoms with E-state index in [1.165, 1.54) is 31.4 Å². The highest BCUT2D eigenvalue weighted by Crippen LogP contribution is 2.31. The summed E-state index contributed by atoms with van der Waals surface area (Å²) in [7, 11) is -2.47. The van der Waals surface area contributed by atoms with Gasteiger partial charge in [-0.2, -0.15) is 9.61 Å². The van der Waals surface area contributed by atoms with Gasteiger partial charge in [0.15, 0.2) is 5.65 Å². The third kappa shape index (κ3) is 8.86. The number of hydrogen-bond donors (Lipinski definition) is 1. The van der Waals surface area contributed by atoms with Crippen LogP contribution in [0.1, 0.15) is 32.1 Å². The summed E-state index contributed by atoms with van der Waals surface area (Å²) >= 11 is 0. The smallest absolute Gasteiger partial charge is 0.167 e. The number of rotatable bonds is 14. The number of hydrogen-bond acceptors (Lipinski definition) is 7. The lowest BCUT2D eigenvalue weighted by Gasteiger charge is -2.28. The van der Waals surface area contributed by atoms with E-state index in [9.17, 15) is 4.39 Å². The van der Waals surface area contributed by atoms with Crippen LogP contribution in [0, 0.1) is 5.82 Å².